The number of carbonyl (C=O) groups excluding carboxylic acids is 1. The number of fused-ring (bicyclic) bond motifs is 1. The van der Waals surface area contributed by atoms with E-state index in [1.165, 1.54) is 23.4 Å². The maximum absolute atomic E-state index is 12.8. The largest absolute Gasteiger partial charge is 0.324 e. The monoisotopic (exact) mass is 399 g/mol. The fourth-order valence-electron chi connectivity index (χ4n) is 4.17. The van der Waals surface area contributed by atoms with Gasteiger partial charge in [-0.3, -0.25) is 15.2 Å². The SMILES string of the molecule is CN(Cc1ccccn1)C1CCCN(C(=O)Nc2nc3c(s2)CCCC3)CC1. The van der Waals surface area contributed by atoms with Crippen LogP contribution in [-0.4, -0.2) is 52.0 Å². The molecule has 0 radical (unpaired) electrons. The fraction of sp³-hybridized carbons (Fsp3) is 0.571. The Labute approximate surface area is 171 Å². The zero-order valence-electron chi connectivity index (χ0n) is 16.6. The minimum atomic E-state index is -0.000809. The van der Waals surface area contributed by atoms with E-state index in [0.717, 1.165) is 62.6 Å². The molecular formula is C21H29N5OS. The average Bonchev–Trinajstić information content (AvgIpc) is 2.94. The number of aromatic nitrogens is 2. The van der Waals surface area contributed by atoms with Gasteiger partial charge in [0.2, 0.25) is 0 Å². The van der Waals surface area contributed by atoms with Crippen LogP contribution in [-0.2, 0) is 19.4 Å². The molecule has 1 aliphatic heterocycles. The lowest BCUT2D eigenvalue weighted by atomic mass is 10.0. The minimum Gasteiger partial charge on any atom is -0.324 e. The summed E-state index contributed by atoms with van der Waals surface area (Å²) in [6.45, 7) is 2.45. The lowest BCUT2D eigenvalue weighted by Crippen LogP contribution is -2.37. The molecule has 150 valence electrons. The van der Waals surface area contributed by atoms with Gasteiger partial charge in [0.05, 0.1) is 11.4 Å². The van der Waals surface area contributed by atoms with Crippen molar-refractivity contribution in [1.82, 2.24) is 19.8 Å². The van der Waals surface area contributed by atoms with Crippen LogP contribution in [0.15, 0.2) is 24.4 Å². The maximum atomic E-state index is 12.8. The number of anilines is 1. The van der Waals surface area contributed by atoms with Gasteiger partial charge >= 0.3 is 6.03 Å². The number of amides is 2. The highest BCUT2D eigenvalue weighted by Crippen LogP contribution is 2.29. The molecule has 3 heterocycles. The van der Waals surface area contributed by atoms with E-state index in [1.54, 1.807) is 11.3 Å². The Kier molecular flexibility index (Phi) is 6.22. The highest BCUT2D eigenvalue weighted by molar-refractivity contribution is 7.15. The average molecular weight is 400 g/mol. The summed E-state index contributed by atoms with van der Waals surface area (Å²) in [5.41, 5.74) is 2.29. The molecule has 28 heavy (non-hydrogen) atoms. The number of nitrogens with one attached hydrogen (secondary N) is 1. The number of thiazole rings is 1. The first-order chi connectivity index (χ1) is 13.7. The molecule has 1 atom stereocenters. The highest BCUT2D eigenvalue weighted by atomic mass is 32.1. The lowest BCUT2D eigenvalue weighted by Gasteiger charge is -2.27. The third-order valence-electron chi connectivity index (χ3n) is 5.81. The van der Waals surface area contributed by atoms with Crippen molar-refractivity contribution in [2.75, 3.05) is 25.5 Å². The van der Waals surface area contributed by atoms with Crippen LogP contribution in [0.2, 0.25) is 0 Å². The third-order valence-corrected chi connectivity index (χ3v) is 6.88. The smallest absolute Gasteiger partial charge is 0.323 e. The minimum absolute atomic E-state index is 0.000809. The van der Waals surface area contributed by atoms with Gasteiger partial charge in [0.1, 0.15) is 0 Å². The highest BCUT2D eigenvalue weighted by Gasteiger charge is 2.24. The fourth-order valence-corrected chi connectivity index (χ4v) is 5.21. The second-order valence-electron chi connectivity index (χ2n) is 7.83. The number of rotatable bonds is 4. The summed E-state index contributed by atoms with van der Waals surface area (Å²) in [6.07, 6.45) is 9.58. The number of urea groups is 1. The summed E-state index contributed by atoms with van der Waals surface area (Å²) >= 11 is 1.65. The standard InChI is InChI=1S/C21H29N5OS/c1-25(15-16-7-4-5-12-22-16)17-8-6-13-26(14-11-17)21(27)24-20-23-18-9-2-3-10-19(18)28-20/h4-5,7,12,17H,2-3,6,8-11,13-15H2,1H3,(H,23,24,27). The molecule has 0 aromatic carbocycles. The summed E-state index contributed by atoms with van der Waals surface area (Å²) in [5, 5.41) is 3.82. The second-order valence-corrected chi connectivity index (χ2v) is 8.92. The summed E-state index contributed by atoms with van der Waals surface area (Å²) in [6, 6.07) is 6.53. The number of pyridine rings is 1. The van der Waals surface area contributed by atoms with Crippen molar-refractivity contribution in [2.24, 2.45) is 0 Å². The van der Waals surface area contributed by atoms with E-state index in [-0.39, 0.29) is 6.03 Å². The van der Waals surface area contributed by atoms with E-state index >= 15 is 0 Å². The molecule has 2 aliphatic rings. The van der Waals surface area contributed by atoms with E-state index in [9.17, 15) is 4.79 Å². The van der Waals surface area contributed by atoms with Gasteiger partial charge in [0, 0.05) is 36.8 Å². The zero-order chi connectivity index (χ0) is 19.3. The van der Waals surface area contributed by atoms with Crippen LogP contribution < -0.4 is 5.32 Å². The summed E-state index contributed by atoms with van der Waals surface area (Å²) in [7, 11) is 2.16. The number of aryl methyl sites for hydroxylation is 2. The summed E-state index contributed by atoms with van der Waals surface area (Å²) < 4.78 is 0. The lowest BCUT2D eigenvalue weighted by molar-refractivity contribution is 0.200. The Balaban J connectivity index is 1.30. The van der Waals surface area contributed by atoms with E-state index in [0.29, 0.717) is 6.04 Å². The molecule has 0 saturated carbocycles. The molecule has 2 aromatic rings. The molecule has 1 fully saturated rings. The van der Waals surface area contributed by atoms with Crippen LogP contribution in [0.1, 0.15) is 48.4 Å². The molecule has 4 rings (SSSR count). The summed E-state index contributed by atoms with van der Waals surface area (Å²) in [5.74, 6) is 0. The molecular weight excluding hydrogens is 370 g/mol. The molecule has 6 nitrogen and oxygen atoms in total. The Bertz CT molecular complexity index is 770. The Morgan fingerprint density at radius 2 is 2.14 bits per heavy atom. The molecule has 1 saturated heterocycles. The second kappa shape index (κ2) is 9.01. The first-order valence-electron chi connectivity index (χ1n) is 10.3. The predicted octanol–water partition coefficient (Wildman–Crippen LogP) is 3.94. The predicted molar refractivity (Wildman–Crippen MR) is 113 cm³/mol. The Morgan fingerprint density at radius 1 is 1.25 bits per heavy atom. The van der Waals surface area contributed by atoms with Gasteiger partial charge in [-0.2, -0.15) is 0 Å². The van der Waals surface area contributed by atoms with Crippen LogP contribution in [0.25, 0.3) is 0 Å². The number of carbonyl (C=O) groups is 1. The maximum Gasteiger partial charge on any atom is 0.323 e. The normalized spacial score (nSPS) is 19.9. The molecule has 1 N–H and O–H groups in total. The van der Waals surface area contributed by atoms with E-state index in [4.69, 9.17) is 0 Å². The van der Waals surface area contributed by atoms with Crippen molar-refractivity contribution in [3.05, 3.63) is 40.7 Å². The van der Waals surface area contributed by atoms with Crippen molar-refractivity contribution in [2.45, 2.75) is 57.5 Å². The van der Waals surface area contributed by atoms with Crippen LogP contribution >= 0.6 is 11.3 Å². The Morgan fingerprint density at radius 3 is 2.96 bits per heavy atom. The first kappa shape index (κ1) is 19.3. The molecule has 7 heteroatoms. The quantitative estimate of drug-likeness (QED) is 0.846. The van der Waals surface area contributed by atoms with E-state index in [1.807, 2.05) is 23.2 Å². The topological polar surface area (TPSA) is 61.4 Å². The molecule has 2 aromatic heterocycles. The van der Waals surface area contributed by atoms with Crippen LogP contribution in [0.4, 0.5) is 9.93 Å². The van der Waals surface area contributed by atoms with E-state index in [2.05, 4.69) is 33.3 Å². The van der Waals surface area contributed by atoms with Gasteiger partial charge in [-0.15, -0.1) is 11.3 Å². The van der Waals surface area contributed by atoms with Gasteiger partial charge in [-0.25, -0.2) is 9.78 Å². The van der Waals surface area contributed by atoms with E-state index < -0.39 is 0 Å². The van der Waals surface area contributed by atoms with Crippen molar-refractivity contribution in [3.8, 4) is 0 Å². The van der Waals surface area contributed by atoms with Gasteiger partial charge in [0.25, 0.3) is 0 Å². The van der Waals surface area contributed by atoms with Crippen LogP contribution in [0, 0.1) is 0 Å². The summed E-state index contributed by atoms with van der Waals surface area (Å²) in [4.78, 5) is 27.5. The number of nitrogens with zero attached hydrogens (tertiary/aromatic N) is 4. The van der Waals surface area contributed by atoms with Crippen LogP contribution in [0.5, 0.6) is 0 Å². The molecule has 2 amide bonds. The molecule has 0 spiro atoms. The van der Waals surface area contributed by atoms with Gasteiger partial charge in [-0.05, 0) is 64.1 Å². The number of hydrogen-bond donors (Lipinski definition) is 1. The first-order valence-corrected chi connectivity index (χ1v) is 11.2. The van der Waals surface area contributed by atoms with Gasteiger partial charge in [0.15, 0.2) is 5.13 Å². The Hall–Kier alpha value is -1.99. The van der Waals surface area contributed by atoms with Gasteiger partial charge < -0.3 is 4.90 Å². The van der Waals surface area contributed by atoms with Crippen molar-refractivity contribution >= 4 is 22.5 Å². The van der Waals surface area contributed by atoms with Crippen molar-refractivity contribution in [3.63, 3.8) is 0 Å². The molecule has 1 aliphatic carbocycles. The molecule has 1 unspecified atom stereocenters. The number of hydrogen-bond acceptors (Lipinski definition) is 5. The van der Waals surface area contributed by atoms with Crippen molar-refractivity contribution in [1.29, 1.82) is 0 Å². The zero-order valence-corrected chi connectivity index (χ0v) is 17.4. The molecule has 0 bridgehead atoms. The van der Waals surface area contributed by atoms with Crippen molar-refractivity contribution < 1.29 is 4.79 Å². The van der Waals surface area contributed by atoms with Gasteiger partial charge in [-0.1, -0.05) is 6.07 Å². The van der Waals surface area contributed by atoms with Crippen LogP contribution in [0.3, 0.4) is 0 Å². The number of likely N-dealkylation sites (tertiary alicyclic amines) is 1. The third kappa shape index (κ3) is 4.70.